The first-order valence-electron chi connectivity index (χ1n) is 6.68. The van der Waals surface area contributed by atoms with Gasteiger partial charge in [-0.3, -0.25) is 4.68 Å². The summed E-state index contributed by atoms with van der Waals surface area (Å²) in [4.78, 5) is 12.2. The summed E-state index contributed by atoms with van der Waals surface area (Å²) >= 11 is 3.50. The van der Waals surface area contributed by atoms with Crippen LogP contribution >= 0.6 is 15.9 Å². The highest BCUT2D eigenvalue weighted by Crippen LogP contribution is 2.23. The molecule has 112 valence electrons. The summed E-state index contributed by atoms with van der Waals surface area (Å²) < 4.78 is 7.99. The average Bonchev–Trinajstić information content (AvgIpc) is 2.71. The zero-order valence-corrected chi connectivity index (χ0v) is 13.9. The molecule has 2 aromatic rings. The first-order valence-corrected chi connectivity index (χ1v) is 7.47. The van der Waals surface area contributed by atoms with Crippen LogP contribution in [0.25, 0.3) is 0 Å². The predicted octanol–water partition coefficient (Wildman–Crippen LogP) is 2.99. The van der Waals surface area contributed by atoms with E-state index in [0.717, 1.165) is 27.8 Å². The number of esters is 1. The van der Waals surface area contributed by atoms with Crippen molar-refractivity contribution in [2.45, 2.75) is 26.9 Å². The molecule has 1 heterocycles. The van der Waals surface area contributed by atoms with Crippen molar-refractivity contribution in [1.29, 1.82) is 0 Å². The number of hydrogen-bond acceptors (Lipinski definition) is 4. The molecule has 0 fully saturated rings. The van der Waals surface area contributed by atoms with Crippen molar-refractivity contribution in [3.05, 3.63) is 45.2 Å². The van der Waals surface area contributed by atoms with Gasteiger partial charge in [0.2, 0.25) is 0 Å². The summed E-state index contributed by atoms with van der Waals surface area (Å²) in [5.74, 6) is -0.420. The molecular weight excluding hydrogens is 334 g/mol. The van der Waals surface area contributed by atoms with Gasteiger partial charge in [0, 0.05) is 12.7 Å². The van der Waals surface area contributed by atoms with E-state index >= 15 is 0 Å². The van der Waals surface area contributed by atoms with E-state index in [1.807, 2.05) is 33.0 Å². The van der Waals surface area contributed by atoms with E-state index in [4.69, 9.17) is 10.5 Å². The van der Waals surface area contributed by atoms with Crippen LogP contribution in [0.4, 0.5) is 5.69 Å². The predicted molar refractivity (Wildman–Crippen MR) is 85.0 cm³/mol. The van der Waals surface area contributed by atoms with Gasteiger partial charge in [-0.2, -0.15) is 5.10 Å². The zero-order valence-electron chi connectivity index (χ0n) is 12.3. The highest BCUT2D eigenvalue weighted by atomic mass is 79.9. The second kappa shape index (κ2) is 6.30. The highest BCUT2D eigenvalue weighted by Gasteiger charge is 2.17. The molecule has 2 rings (SSSR count). The number of aryl methyl sites for hydroxylation is 3. The van der Waals surface area contributed by atoms with Crippen LogP contribution in [0.5, 0.6) is 0 Å². The lowest BCUT2D eigenvalue weighted by atomic mass is 10.1. The molecule has 5 nitrogen and oxygen atoms in total. The molecule has 1 aromatic carbocycles. The van der Waals surface area contributed by atoms with Gasteiger partial charge in [-0.25, -0.2) is 4.79 Å². The van der Waals surface area contributed by atoms with Crippen LogP contribution in [0.15, 0.2) is 22.7 Å². The third kappa shape index (κ3) is 3.10. The van der Waals surface area contributed by atoms with Gasteiger partial charge in [0.1, 0.15) is 6.61 Å². The van der Waals surface area contributed by atoms with Crippen molar-refractivity contribution in [2.75, 3.05) is 5.73 Å². The number of nitrogen functional groups attached to an aromatic ring is 1. The van der Waals surface area contributed by atoms with Crippen LogP contribution in [0.1, 0.15) is 34.2 Å². The molecule has 0 bridgehead atoms. The van der Waals surface area contributed by atoms with Gasteiger partial charge in [0.15, 0.2) is 0 Å². The molecule has 0 aliphatic rings. The third-order valence-electron chi connectivity index (χ3n) is 3.35. The van der Waals surface area contributed by atoms with Crippen LogP contribution in [0.2, 0.25) is 0 Å². The number of aromatic nitrogens is 2. The molecule has 2 N–H and O–H groups in total. The maximum absolute atomic E-state index is 12.2. The van der Waals surface area contributed by atoms with Gasteiger partial charge < -0.3 is 10.5 Å². The molecule has 0 radical (unpaired) electrons. The number of carbonyl (C=O) groups excluding carboxylic acids is 1. The molecule has 0 atom stereocenters. The van der Waals surface area contributed by atoms with Gasteiger partial charge in [-0.15, -0.1) is 0 Å². The van der Waals surface area contributed by atoms with Crippen molar-refractivity contribution in [3.8, 4) is 0 Å². The lowest BCUT2D eigenvalue weighted by Gasteiger charge is -2.10. The summed E-state index contributed by atoms with van der Waals surface area (Å²) in [6.07, 6.45) is 0.813. The summed E-state index contributed by atoms with van der Waals surface area (Å²) in [7, 11) is 1.83. The Morgan fingerprint density at radius 1 is 1.48 bits per heavy atom. The number of rotatable bonds is 4. The number of hydrogen-bond donors (Lipinski definition) is 1. The highest BCUT2D eigenvalue weighted by molar-refractivity contribution is 9.10. The maximum Gasteiger partial charge on any atom is 0.340 e. The SMILES string of the molecule is CCc1nn(C)c(COC(=O)c2c(C)cccc2N)c1Br. The van der Waals surface area contributed by atoms with E-state index in [-0.39, 0.29) is 6.61 Å². The minimum absolute atomic E-state index is 0.149. The van der Waals surface area contributed by atoms with Crippen molar-refractivity contribution in [1.82, 2.24) is 9.78 Å². The van der Waals surface area contributed by atoms with Crippen molar-refractivity contribution in [2.24, 2.45) is 7.05 Å². The quantitative estimate of drug-likeness (QED) is 0.678. The fourth-order valence-corrected chi connectivity index (χ4v) is 2.88. The molecule has 0 saturated heterocycles. The van der Waals surface area contributed by atoms with Gasteiger partial charge >= 0.3 is 5.97 Å². The topological polar surface area (TPSA) is 70.1 Å². The smallest absolute Gasteiger partial charge is 0.340 e. The lowest BCUT2D eigenvalue weighted by molar-refractivity contribution is 0.0463. The normalized spacial score (nSPS) is 10.7. The van der Waals surface area contributed by atoms with Crippen molar-refractivity contribution in [3.63, 3.8) is 0 Å². The molecule has 0 aliphatic heterocycles. The maximum atomic E-state index is 12.2. The molecule has 0 spiro atoms. The fraction of sp³-hybridized carbons (Fsp3) is 0.333. The average molecular weight is 352 g/mol. The largest absolute Gasteiger partial charge is 0.455 e. The van der Waals surface area contributed by atoms with Crippen molar-refractivity contribution >= 4 is 27.6 Å². The summed E-state index contributed by atoms with van der Waals surface area (Å²) in [5, 5.41) is 4.37. The molecule has 0 saturated carbocycles. The Bertz CT molecular complexity index is 660. The van der Waals surface area contributed by atoms with E-state index in [1.54, 1.807) is 10.7 Å². The Balaban J connectivity index is 2.17. The van der Waals surface area contributed by atoms with E-state index in [2.05, 4.69) is 21.0 Å². The standard InChI is InChI=1S/C15H18BrN3O2/c1-4-11-14(16)12(19(3)18-11)8-21-15(20)13-9(2)6-5-7-10(13)17/h5-7H,4,8,17H2,1-3H3. The Hall–Kier alpha value is -1.82. The molecule has 0 amide bonds. The van der Waals surface area contributed by atoms with Gasteiger partial charge in [0.05, 0.1) is 21.4 Å². The van der Waals surface area contributed by atoms with E-state index < -0.39 is 5.97 Å². The number of nitrogens with zero attached hydrogens (tertiary/aromatic N) is 2. The summed E-state index contributed by atoms with van der Waals surface area (Å²) in [6, 6.07) is 5.34. The van der Waals surface area contributed by atoms with Gasteiger partial charge in [-0.1, -0.05) is 19.1 Å². The van der Waals surface area contributed by atoms with Crippen LogP contribution < -0.4 is 5.73 Å². The summed E-state index contributed by atoms with van der Waals surface area (Å²) in [5.41, 5.74) is 9.27. The second-order valence-corrected chi connectivity index (χ2v) is 5.59. The molecule has 6 heteroatoms. The molecule has 0 unspecified atom stereocenters. The Labute approximate surface area is 132 Å². The second-order valence-electron chi connectivity index (χ2n) is 4.80. The van der Waals surface area contributed by atoms with Crippen LogP contribution in [-0.4, -0.2) is 15.7 Å². The van der Waals surface area contributed by atoms with Gasteiger partial charge in [-0.05, 0) is 40.9 Å². The van der Waals surface area contributed by atoms with Crippen molar-refractivity contribution < 1.29 is 9.53 Å². The van der Waals surface area contributed by atoms with Crippen LogP contribution in [0, 0.1) is 6.92 Å². The molecule has 1 aromatic heterocycles. The van der Waals surface area contributed by atoms with Gasteiger partial charge in [0.25, 0.3) is 0 Å². The minimum Gasteiger partial charge on any atom is -0.455 e. The van der Waals surface area contributed by atoms with Crippen LogP contribution in [-0.2, 0) is 24.8 Å². The molecular formula is C15H18BrN3O2. The van der Waals surface area contributed by atoms with Crippen LogP contribution in [0.3, 0.4) is 0 Å². The zero-order chi connectivity index (χ0) is 15.6. The van der Waals surface area contributed by atoms with E-state index in [1.165, 1.54) is 0 Å². The Morgan fingerprint density at radius 2 is 2.19 bits per heavy atom. The third-order valence-corrected chi connectivity index (χ3v) is 4.27. The number of carbonyl (C=O) groups is 1. The summed E-state index contributed by atoms with van der Waals surface area (Å²) in [6.45, 7) is 4.01. The molecule has 21 heavy (non-hydrogen) atoms. The number of ether oxygens (including phenoxy) is 1. The Morgan fingerprint density at radius 3 is 2.76 bits per heavy atom. The number of anilines is 1. The monoisotopic (exact) mass is 351 g/mol. The first kappa shape index (κ1) is 15.6. The van der Waals surface area contributed by atoms with E-state index in [9.17, 15) is 4.79 Å². The molecule has 0 aliphatic carbocycles. The Kier molecular flexibility index (Phi) is 4.67. The minimum atomic E-state index is -0.420. The number of benzene rings is 1. The number of halogens is 1. The lowest BCUT2D eigenvalue weighted by Crippen LogP contribution is -2.11. The van der Waals surface area contributed by atoms with E-state index in [0.29, 0.717) is 11.3 Å². The number of nitrogens with two attached hydrogens (primary N) is 1. The fourth-order valence-electron chi connectivity index (χ4n) is 2.15. The first-order chi connectivity index (χ1) is 9.95.